The minimum absolute atomic E-state index is 0.00122. The Hall–Kier alpha value is -1.92. The van der Waals surface area contributed by atoms with Crippen LogP contribution in [-0.4, -0.2) is 58.7 Å². The van der Waals surface area contributed by atoms with Crippen LogP contribution in [-0.2, 0) is 11.3 Å². The average Bonchev–Trinajstić information content (AvgIpc) is 3.42. The van der Waals surface area contributed by atoms with Gasteiger partial charge in [0, 0.05) is 57.0 Å². The number of carbonyl (C=O) groups is 1. The van der Waals surface area contributed by atoms with E-state index in [9.17, 15) is 14.7 Å². The average molecular weight is 371 g/mol. The van der Waals surface area contributed by atoms with Crippen molar-refractivity contribution in [2.75, 3.05) is 27.2 Å². The van der Waals surface area contributed by atoms with E-state index in [1.54, 1.807) is 19.0 Å². The lowest BCUT2D eigenvalue weighted by Crippen LogP contribution is -2.47. The van der Waals surface area contributed by atoms with Crippen LogP contribution in [0.5, 0.6) is 0 Å². The van der Waals surface area contributed by atoms with Crippen molar-refractivity contribution in [3.63, 3.8) is 0 Å². The molecule has 2 aliphatic heterocycles. The van der Waals surface area contributed by atoms with Crippen molar-refractivity contribution in [2.24, 2.45) is 17.8 Å². The molecular weight excluding hydrogens is 342 g/mol. The van der Waals surface area contributed by atoms with Crippen LogP contribution in [0.4, 0.5) is 0 Å². The highest BCUT2D eigenvalue weighted by Gasteiger charge is 2.56. The highest BCUT2D eigenvalue weighted by molar-refractivity contribution is 5.80. The van der Waals surface area contributed by atoms with E-state index in [4.69, 9.17) is 0 Å². The van der Waals surface area contributed by atoms with Crippen molar-refractivity contribution in [3.8, 4) is 0 Å². The molecule has 0 radical (unpaired) electrons. The molecule has 3 aliphatic rings. The summed E-state index contributed by atoms with van der Waals surface area (Å²) in [4.78, 5) is 30.1. The van der Waals surface area contributed by atoms with Crippen LogP contribution in [0.25, 0.3) is 6.08 Å². The molecule has 146 valence electrons. The molecule has 1 aromatic rings. The summed E-state index contributed by atoms with van der Waals surface area (Å²) < 4.78 is 1.85. The topological polar surface area (TPSA) is 65.8 Å². The number of fused-ring (bicyclic) bond motifs is 4. The van der Waals surface area contributed by atoms with Gasteiger partial charge in [-0.25, -0.2) is 0 Å². The number of carbonyl (C=O) groups excluding carboxylic acids is 1. The first-order chi connectivity index (χ1) is 13.0. The van der Waals surface area contributed by atoms with Gasteiger partial charge in [0.2, 0.25) is 5.91 Å². The Balaban J connectivity index is 1.84. The molecule has 1 N–H and O–H groups in total. The number of aromatic nitrogens is 1. The first-order valence-electron chi connectivity index (χ1n) is 9.92. The maximum atomic E-state index is 13.1. The molecule has 0 unspecified atom stereocenters. The predicted molar refractivity (Wildman–Crippen MR) is 104 cm³/mol. The van der Waals surface area contributed by atoms with E-state index >= 15 is 0 Å². The predicted octanol–water partition coefficient (Wildman–Crippen LogP) is 1.34. The lowest BCUT2D eigenvalue weighted by atomic mass is 9.86. The van der Waals surface area contributed by atoms with E-state index in [0.29, 0.717) is 18.0 Å². The molecule has 1 saturated carbocycles. The van der Waals surface area contributed by atoms with E-state index in [0.717, 1.165) is 12.2 Å². The van der Waals surface area contributed by atoms with Crippen molar-refractivity contribution in [1.29, 1.82) is 0 Å². The normalized spacial score (nSPS) is 29.9. The van der Waals surface area contributed by atoms with Crippen LogP contribution >= 0.6 is 0 Å². The summed E-state index contributed by atoms with van der Waals surface area (Å²) in [5.74, 6) is 0.270. The Labute approximate surface area is 160 Å². The highest BCUT2D eigenvalue weighted by Crippen LogP contribution is 2.50. The van der Waals surface area contributed by atoms with Gasteiger partial charge in [0.15, 0.2) is 0 Å². The van der Waals surface area contributed by atoms with Gasteiger partial charge < -0.3 is 14.6 Å². The number of amides is 1. The van der Waals surface area contributed by atoms with E-state index in [1.165, 1.54) is 12.8 Å². The quantitative estimate of drug-likeness (QED) is 0.848. The van der Waals surface area contributed by atoms with Crippen LogP contribution in [0.1, 0.15) is 37.1 Å². The lowest BCUT2D eigenvalue weighted by Gasteiger charge is -2.38. The third kappa shape index (κ3) is 2.95. The fourth-order valence-corrected chi connectivity index (χ4v) is 4.97. The van der Waals surface area contributed by atoms with Crippen LogP contribution < -0.4 is 5.56 Å². The number of hydrogen-bond acceptors (Lipinski definition) is 4. The molecule has 1 saturated heterocycles. The van der Waals surface area contributed by atoms with Crippen molar-refractivity contribution in [1.82, 2.24) is 14.4 Å². The zero-order valence-electron chi connectivity index (χ0n) is 16.3. The second-order valence-electron chi connectivity index (χ2n) is 8.39. The molecular formula is C21H29N3O3. The minimum Gasteiger partial charge on any atom is -0.396 e. The van der Waals surface area contributed by atoms with Gasteiger partial charge in [-0.15, -0.1) is 0 Å². The number of aliphatic hydroxyl groups is 1. The maximum Gasteiger partial charge on any atom is 0.258 e. The monoisotopic (exact) mass is 371 g/mol. The molecule has 1 aliphatic carbocycles. The van der Waals surface area contributed by atoms with E-state index in [1.807, 2.05) is 35.8 Å². The van der Waals surface area contributed by atoms with Crippen LogP contribution in [0.3, 0.4) is 0 Å². The summed E-state index contributed by atoms with van der Waals surface area (Å²) in [6.45, 7) is 3.37. The smallest absolute Gasteiger partial charge is 0.258 e. The first kappa shape index (κ1) is 18.4. The highest BCUT2D eigenvalue weighted by atomic mass is 16.3. The number of rotatable bonds is 5. The van der Waals surface area contributed by atoms with Gasteiger partial charge in [0.25, 0.3) is 5.56 Å². The molecule has 27 heavy (non-hydrogen) atoms. The molecule has 2 fully saturated rings. The standard InChI is InChI=1S/C21H29N3O3/c1-4-5-14-8-9-16-19-18(21(27)22(2)3)15(12-25)17(11-24(16)20(14)26)23(19)10-13-6-7-13/h4-5,8-9,13,15,17-19,25H,6-7,10-12H2,1-3H3/b5-4+/t15-,17-,18+,19+/m1/s1. The number of pyridine rings is 1. The second kappa shape index (κ2) is 6.91. The Bertz CT molecular complexity index is 824. The summed E-state index contributed by atoms with van der Waals surface area (Å²) in [6, 6.07) is 3.77. The Kier molecular flexibility index (Phi) is 4.72. The van der Waals surface area contributed by atoms with Crippen molar-refractivity contribution < 1.29 is 9.90 Å². The van der Waals surface area contributed by atoms with Crippen LogP contribution in [0.2, 0.25) is 0 Å². The van der Waals surface area contributed by atoms with Crippen LogP contribution in [0, 0.1) is 17.8 Å². The fourth-order valence-electron chi connectivity index (χ4n) is 4.97. The summed E-state index contributed by atoms with van der Waals surface area (Å²) >= 11 is 0. The molecule has 0 aromatic carbocycles. The third-order valence-corrected chi connectivity index (χ3v) is 6.44. The third-order valence-electron chi connectivity index (χ3n) is 6.44. The molecule has 6 nitrogen and oxygen atoms in total. The van der Waals surface area contributed by atoms with E-state index in [2.05, 4.69) is 4.90 Å². The summed E-state index contributed by atoms with van der Waals surface area (Å²) in [5, 5.41) is 10.2. The Morgan fingerprint density at radius 3 is 2.67 bits per heavy atom. The van der Waals surface area contributed by atoms with Crippen LogP contribution in [0.15, 0.2) is 23.0 Å². The van der Waals surface area contributed by atoms with Gasteiger partial charge in [0.05, 0.1) is 12.0 Å². The molecule has 2 bridgehead atoms. The lowest BCUT2D eigenvalue weighted by molar-refractivity contribution is -0.135. The van der Waals surface area contributed by atoms with Crippen molar-refractivity contribution >= 4 is 12.0 Å². The second-order valence-corrected chi connectivity index (χ2v) is 8.39. The molecule has 1 aromatic heterocycles. The van der Waals surface area contributed by atoms with Crippen molar-refractivity contribution in [2.45, 2.75) is 38.4 Å². The Morgan fingerprint density at radius 2 is 2.07 bits per heavy atom. The summed E-state index contributed by atoms with van der Waals surface area (Å²) in [7, 11) is 3.54. The molecule has 1 amide bonds. The van der Waals surface area contributed by atoms with Crippen molar-refractivity contribution in [3.05, 3.63) is 39.8 Å². The summed E-state index contributed by atoms with van der Waals surface area (Å²) in [6.07, 6.45) is 6.17. The molecule has 4 atom stereocenters. The van der Waals surface area contributed by atoms with Gasteiger partial charge >= 0.3 is 0 Å². The molecule has 0 spiro atoms. The number of allylic oxidation sites excluding steroid dienone is 1. The number of aliphatic hydroxyl groups excluding tert-OH is 1. The zero-order valence-corrected chi connectivity index (χ0v) is 16.3. The summed E-state index contributed by atoms with van der Waals surface area (Å²) in [5.41, 5.74) is 1.59. The van der Waals surface area contributed by atoms with Gasteiger partial charge in [0.1, 0.15) is 0 Å². The maximum absolute atomic E-state index is 13.1. The fraction of sp³-hybridized carbons (Fsp3) is 0.619. The van der Waals surface area contributed by atoms with E-state index < -0.39 is 0 Å². The first-order valence-corrected chi connectivity index (χ1v) is 9.92. The molecule has 3 heterocycles. The van der Waals surface area contributed by atoms with E-state index in [-0.39, 0.29) is 42.0 Å². The molecule has 6 heteroatoms. The van der Waals surface area contributed by atoms with Gasteiger partial charge in [-0.2, -0.15) is 0 Å². The molecule has 4 rings (SSSR count). The zero-order chi connectivity index (χ0) is 19.3. The van der Waals surface area contributed by atoms with Gasteiger partial charge in [-0.3, -0.25) is 14.5 Å². The number of nitrogens with zero attached hydrogens (tertiary/aromatic N) is 3. The largest absolute Gasteiger partial charge is 0.396 e. The number of hydrogen-bond donors (Lipinski definition) is 1. The SMILES string of the molecule is C/C=C/c1ccc2n(c1=O)C[C@@H]1[C@@H](CO)[C@H](C(=O)N(C)C)[C@H]2N1CC1CC1. The van der Waals surface area contributed by atoms with Gasteiger partial charge in [-0.1, -0.05) is 12.2 Å². The van der Waals surface area contributed by atoms with Gasteiger partial charge in [-0.05, 0) is 37.8 Å². The Morgan fingerprint density at radius 1 is 1.33 bits per heavy atom. The minimum atomic E-state index is -0.311.